The second-order valence-corrected chi connectivity index (χ2v) is 5.96. The van der Waals surface area contributed by atoms with E-state index in [4.69, 9.17) is 9.47 Å². The lowest BCUT2D eigenvalue weighted by molar-refractivity contribution is -0.183. The first-order valence-corrected chi connectivity index (χ1v) is 8.08. The lowest BCUT2D eigenvalue weighted by atomic mass is 9.89. The third kappa shape index (κ3) is 2.06. The van der Waals surface area contributed by atoms with Crippen LogP contribution >= 0.6 is 0 Å². The molecule has 0 amide bonds. The molecule has 1 unspecified atom stereocenters. The molecule has 0 fully saturated rings. The highest BCUT2D eigenvalue weighted by Crippen LogP contribution is 2.50. The number of Topliss-reactive ketones (excluding diaryl/α,β-unsaturated/α-hetero) is 1. The van der Waals surface area contributed by atoms with Crippen molar-refractivity contribution in [1.82, 2.24) is 0 Å². The van der Waals surface area contributed by atoms with Crippen LogP contribution in [0, 0.1) is 0 Å². The summed E-state index contributed by atoms with van der Waals surface area (Å²) in [5.74, 6) is -3.73. The molecule has 130 valence electrons. The van der Waals surface area contributed by atoms with Gasteiger partial charge in [-0.25, -0.2) is 4.79 Å². The Balaban J connectivity index is 2.03. The van der Waals surface area contributed by atoms with Gasteiger partial charge in [0.05, 0.1) is 12.2 Å². The Bertz CT molecular complexity index is 1000. The Labute approximate surface area is 148 Å². The van der Waals surface area contributed by atoms with Gasteiger partial charge in [0.1, 0.15) is 12.0 Å². The molecule has 1 aliphatic carbocycles. The summed E-state index contributed by atoms with van der Waals surface area (Å²) < 4.78 is 10.6. The summed E-state index contributed by atoms with van der Waals surface area (Å²) in [6.07, 6.45) is 0.613. The molecule has 1 heterocycles. The van der Waals surface area contributed by atoms with Gasteiger partial charge in [0.2, 0.25) is 0 Å². The average Bonchev–Trinajstić information content (AvgIpc) is 2.96. The maximum Gasteiger partial charge on any atom is 0.384 e. The SMILES string of the molecule is CCOC(=O)C1(O)Oc2cc(C=O)ccc2C2=C1c1ccccc1C2=O. The highest BCUT2D eigenvalue weighted by Gasteiger charge is 2.54. The number of carbonyl (C=O) groups excluding carboxylic acids is 3. The number of aliphatic hydroxyl groups is 1. The Morgan fingerprint density at radius 3 is 2.62 bits per heavy atom. The van der Waals surface area contributed by atoms with Crippen LogP contribution in [0.2, 0.25) is 0 Å². The largest absolute Gasteiger partial charge is 0.461 e. The Morgan fingerprint density at radius 1 is 1.19 bits per heavy atom. The molecule has 2 aromatic rings. The van der Waals surface area contributed by atoms with Crippen molar-refractivity contribution in [2.24, 2.45) is 0 Å². The molecule has 2 aliphatic rings. The molecule has 6 nitrogen and oxygen atoms in total. The van der Waals surface area contributed by atoms with E-state index in [2.05, 4.69) is 0 Å². The molecule has 6 heteroatoms. The minimum atomic E-state index is -2.47. The molecule has 1 N–H and O–H groups in total. The average molecular weight is 350 g/mol. The van der Waals surface area contributed by atoms with Crippen molar-refractivity contribution in [3.05, 3.63) is 64.7 Å². The highest BCUT2D eigenvalue weighted by atomic mass is 16.7. The molecule has 26 heavy (non-hydrogen) atoms. The van der Waals surface area contributed by atoms with E-state index in [-0.39, 0.29) is 29.3 Å². The van der Waals surface area contributed by atoms with Crippen molar-refractivity contribution in [3.63, 3.8) is 0 Å². The van der Waals surface area contributed by atoms with Gasteiger partial charge in [0.25, 0.3) is 0 Å². The van der Waals surface area contributed by atoms with Gasteiger partial charge in [-0.05, 0) is 24.6 Å². The van der Waals surface area contributed by atoms with E-state index in [1.54, 1.807) is 43.3 Å². The number of hydrogen-bond acceptors (Lipinski definition) is 6. The summed E-state index contributed by atoms with van der Waals surface area (Å²) in [4.78, 5) is 36.6. The zero-order chi connectivity index (χ0) is 18.5. The van der Waals surface area contributed by atoms with Crippen molar-refractivity contribution in [3.8, 4) is 5.75 Å². The third-order valence-electron chi connectivity index (χ3n) is 4.48. The molecule has 0 aromatic heterocycles. The monoisotopic (exact) mass is 350 g/mol. The van der Waals surface area contributed by atoms with Crippen LogP contribution < -0.4 is 4.74 Å². The predicted molar refractivity (Wildman–Crippen MR) is 91.6 cm³/mol. The van der Waals surface area contributed by atoms with E-state index in [1.165, 1.54) is 6.07 Å². The van der Waals surface area contributed by atoms with Gasteiger partial charge in [0.15, 0.2) is 5.78 Å². The normalized spacial score (nSPS) is 20.0. The first kappa shape index (κ1) is 16.2. The highest BCUT2D eigenvalue weighted by molar-refractivity contribution is 6.42. The van der Waals surface area contributed by atoms with Gasteiger partial charge in [-0.3, -0.25) is 9.59 Å². The summed E-state index contributed by atoms with van der Waals surface area (Å²) in [5, 5.41) is 11.1. The van der Waals surface area contributed by atoms with Gasteiger partial charge in [-0.15, -0.1) is 0 Å². The van der Waals surface area contributed by atoms with Crippen LogP contribution in [0.15, 0.2) is 42.5 Å². The van der Waals surface area contributed by atoms with E-state index in [0.717, 1.165) is 0 Å². The van der Waals surface area contributed by atoms with Crippen molar-refractivity contribution in [2.45, 2.75) is 12.7 Å². The van der Waals surface area contributed by atoms with E-state index in [9.17, 15) is 19.5 Å². The standard InChI is InChI=1S/C20H14O6/c1-2-25-19(23)20(24)17-12-5-3-4-6-13(12)18(22)16(17)14-8-7-11(10-21)9-15(14)26-20/h3-10,24H,2H2,1H3. The maximum atomic E-state index is 13.0. The first-order valence-electron chi connectivity index (χ1n) is 8.08. The van der Waals surface area contributed by atoms with Crippen LogP contribution in [0.1, 0.15) is 38.8 Å². The quantitative estimate of drug-likeness (QED) is 0.674. The smallest absolute Gasteiger partial charge is 0.384 e. The Hall–Kier alpha value is -3.25. The van der Waals surface area contributed by atoms with E-state index < -0.39 is 11.8 Å². The van der Waals surface area contributed by atoms with Crippen LogP contribution in [0.3, 0.4) is 0 Å². The van der Waals surface area contributed by atoms with Gasteiger partial charge in [-0.2, -0.15) is 0 Å². The Morgan fingerprint density at radius 2 is 1.92 bits per heavy atom. The van der Waals surface area contributed by atoms with Crippen LogP contribution in [0.5, 0.6) is 5.75 Å². The fourth-order valence-electron chi connectivity index (χ4n) is 3.38. The number of rotatable bonds is 3. The number of ether oxygens (including phenoxy) is 2. The zero-order valence-corrected chi connectivity index (χ0v) is 13.8. The first-order chi connectivity index (χ1) is 12.5. The molecular weight excluding hydrogens is 336 g/mol. The third-order valence-corrected chi connectivity index (χ3v) is 4.48. The summed E-state index contributed by atoms with van der Waals surface area (Å²) in [7, 11) is 0. The number of ketones is 1. The molecule has 0 spiro atoms. The Kier molecular flexibility index (Phi) is 3.52. The number of benzene rings is 2. The minimum Gasteiger partial charge on any atom is -0.461 e. The second-order valence-electron chi connectivity index (χ2n) is 5.96. The lowest BCUT2D eigenvalue weighted by Gasteiger charge is -2.33. The van der Waals surface area contributed by atoms with Crippen molar-refractivity contribution < 1.29 is 29.0 Å². The van der Waals surface area contributed by atoms with Crippen molar-refractivity contribution >= 4 is 29.2 Å². The predicted octanol–water partition coefficient (Wildman–Crippen LogP) is 2.25. The van der Waals surface area contributed by atoms with Crippen molar-refractivity contribution in [1.29, 1.82) is 0 Å². The lowest BCUT2D eigenvalue weighted by Crippen LogP contribution is -2.48. The number of hydrogen-bond donors (Lipinski definition) is 1. The van der Waals surface area contributed by atoms with Crippen LogP contribution in [-0.2, 0) is 9.53 Å². The van der Waals surface area contributed by atoms with E-state index in [1.807, 2.05) is 0 Å². The maximum absolute atomic E-state index is 13.0. The van der Waals surface area contributed by atoms with Gasteiger partial charge in [0, 0.05) is 22.3 Å². The van der Waals surface area contributed by atoms with E-state index >= 15 is 0 Å². The molecule has 4 rings (SSSR count). The number of aldehydes is 1. The topological polar surface area (TPSA) is 89.9 Å². The molecule has 0 bridgehead atoms. The molecule has 1 atom stereocenters. The van der Waals surface area contributed by atoms with Gasteiger partial charge < -0.3 is 14.6 Å². The number of allylic oxidation sites excluding steroid dienone is 1. The molecule has 0 saturated heterocycles. The molecule has 2 aromatic carbocycles. The minimum absolute atomic E-state index is 0.0317. The van der Waals surface area contributed by atoms with Gasteiger partial charge in [-0.1, -0.05) is 30.3 Å². The summed E-state index contributed by atoms with van der Waals surface area (Å²) in [6, 6.07) is 11.2. The fourth-order valence-corrected chi connectivity index (χ4v) is 3.38. The van der Waals surface area contributed by atoms with Crippen molar-refractivity contribution in [2.75, 3.05) is 6.61 Å². The van der Waals surface area contributed by atoms with Crippen LogP contribution in [-0.4, -0.2) is 35.5 Å². The number of carbonyl (C=O) groups is 3. The van der Waals surface area contributed by atoms with Crippen LogP contribution in [0.4, 0.5) is 0 Å². The summed E-state index contributed by atoms with van der Waals surface area (Å²) >= 11 is 0. The fraction of sp³-hybridized carbons (Fsp3) is 0.150. The van der Waals surface area contributed by atoms with Gasteiger partial charge >= 0.3 is 11.8 Å². The molecule has 0 saturated carbocycles. The second kappa shape index (κ2) is 5.64. The molecular formula is C20H14O6. The molecule has 1 aliphatic heterocycles. The summed E-state index contributed by atoms with van der Waals surface area (Å²) in [5.41, 5.74) is 1.76. The number of fused-ring (bicyclic) bond motifs is 4. The molecule has 0 radical (unpaired) electrons. The van der Waals surface area contributed by atoms with Crippen LogP contribution in [0.25, 0.3) is 11.1 Å². The number of esters is 1. The van der Waals surface area contributed by atoms with E-state index in [0.29, 0.717) is 28.5 Å². The summed E-state index contributed by atoms with van der Waals surface area (Å²) in [6.45, 7) is 1.63. The zero-order valence-electron chi connectivity index (χ0n) is 13.8.